The van der Waals surface area contributed by atoms with E-state index in [0.717, 1.165) is 0 Å². The number of hydrogen-bond acceptors (Lipinski definition) is 5. The molecule has 1 aliphatic heterocycles. The van der Waals surface area contributed by atoms with E-state index >= 15 is 0 Å². The van der Waals surface area contributed by atoms with Gasteiger partial charge in [-0.2, -0.15) is 0 Å². The van der Waals surface area contributed by atoms with Gasteiger partial charge in [-0.15, -0.1) is 11.6 Å². The van der Waals surface area contributed by atoms with Gasteiger partial charge in [0.25, 0.3) is 0 Å². The van der Waals surface area contributed by atoms with Gasteiger partial charge < -0.3 is 10.1 Å². The molecule has 2 N–H and O–H groups in total. The van der Waals surface area contributed by atoms with Crippen LogP contribution in [0.2, 0.25) is 0 Å². The Morgan fingerprint density at radius 1 is 1.10 bits per heavy atom. The van der Waals surface area contributed by atoms with Gasteiger partial charge in [-0.1, -0.05) is 18.2 Å². The number of aliphatic imine (C=N–C) groups is 1. The number of para-hydroxylation sites is 1. The lowest BCUT2D eigenvalue weighted by Crippen LogP contribution is -2.11. The van der Waals surface area contributed by atoms with Gasteiger partial charge in [-0.05, 0) is 30.7 Å². The normalized spacial score (nSPS) is 12.9. The fourth-order valence-electron chi connectivity index (χ4n) is 3.48. The van der Waals surface area contributed by atoms with Gasteiger partial charge in [0.05, 0.1) is 22.7 Å². The maximum atomic E-state index is 13.0. The molecule has 0 radical (unpaired) electrons. The standard InChI is InChI=1S/C22H17ClN2O4/c23-11-13(26)4-3-7-18(27)12-8-9-17-15(10-12)21(28)20(24-17)19-14-5-1-2-6-16(14)25-22(19)29/h1-2,5-6,8-10,25,29H,3-4,7,11H2. The van der Waals surface area contributed by atoms with Crippen molar-refractivity contribution in [1.29, 1.82) is 0 Å². The first-order chi connectivity index (χ1) is 14.0. The Labute approximate surface area is 171 Å². The summed E-state index contributed by atoms with van der Waals surface area (Å²) in [5.41, 5.74) is 2.39. The summed E-state index contributed by atoms with van der Waals surface area (Å²) in [7, 11) is 0. The zero-order valence-electron chi connectivity index (χ0n) is 15.4. The summed E-state index contributed by atoms with van der Waals surface area (Å²) < 4.78 is 0. The number of nitrogens with zero attached hydrogens (tertiary/aromatic N) is 1. The van der Waals surface area contributed by atoms with Crippen molar-refractivity contribution in [2.24, 2.45) is 4.99 Å². The number of aromatic hydroxyl groups is 1. The summed E-state index contributed by atoms with van der Waals surface area (Å²) >= 11 is 5.46. The van der Waals surface area contributed by atoms with Crippen LogP contribution in [-0.4, -0.2) is 39.0 Å². The van der Waals surface area contributed by atoms with Gasteiger partial charge in [0.15, 0.2) is 11.7 Å². The number of aromatic nitrogens is 1. The molecule has 0 aliphatic carbocycles. The highest BCUT2D eigenvalue weighted by Gasteiger charge is 2.30. The molecule has 0 amide bonds. The first-order valence-electron chi connectivity index (χ1n) is 9.18. The van der Waals surface area contributed by atoms with E-state index in [2.05, 4.69) is 9.98 Å². The molecule has 1 aliphatic rings. The summed E-state index contributed by atoms with van der Waals surface area (Å²) in [5, 5.41) is 11.0. The average molecular weight is 409 g/mol. The van der Waals surface area contributed by atoms with Crippen LogP contribution in [0.5, 0.6) is 5.88 Å². The second kappa shape index (κ2) is 7.64. The number of alkyl halides is 1. The fourth-order valence-corrected chi connectivity index (χ4v) is 3.62. The van der Waals surface area contributed by atoms with E-state index in [1.165, 1.54) is 6.07 Å². The van der Waals surface area contributed by atoms with E-state index in [-0.39, 0.29) is 47.7 Å². The van der Waals surface area contributed by atoms with Crippen LogP contribution in [0.1, 0.15) is 45.5 Å². The van der Waals surface area contributed by atoms with Crippen molar-refractivity contribution in [2.45, 2.75) is 19.3 Å². The van der Waals surface area contributed by atoms with Crippen LogP contribution in [0.25, 0.3) is 10.9 Å². The summed E-state index contributed by atoms with van der Waals surface area (Å²) in [6.07, 6.45) is 0.874. The minimum atomic E-state index is -0.341. The Bertz CT molecular complexity index is 1190. The van der Waals surface area contributed by atoms with Crippen LogP contribution in [0.4, 0.5) is 5.69 Å². The molecular formula is C22H17ClN2O4. The largest absolute Gasteiger partial charge is 0.494 e. The number of rotatable bonds is 7. The molecule has 0 saturated carbocycles. The van der Waals surface area contributed by atoms with Gasteiger partial charge in [-0.25, -0.2) is 4.99 Å². The highest BCUT2D eigenvalue weighted by atomic mass is 35.5. The fraction of sp³-hybridized carbons (Fsp3) is 0.182. The monoisotopic (exact) mass is 408 g/mol. The quantitative estimate of drug-likeness (QED) is 0.448. The lowest BCUT2D eigenvalue weighted by molar-refractivity contribution is -0.116. The molecule has 0 atom stereocenters. The van der Waals surface area contributed by atoms with Crippen molar-refractivity contribution < 1.29 is 19.5 Å². The number of halogens is 1. The zero-order valence-corrected chi connectivity index (χ0v) is 16.1. The van der Waals surface area contributed by atoms with Crippen LogP contribution >= 0.6 is 11.6 Å². The molecule has 6 nitrogen and oxygen atoms in total. The second-order valence-electron chi connectivity index (χ2n) is 6.86. The Balaban J connectivity index is 1.59. The second-order valence-corrected chi connectivity index (χ2v) is 7.13. The highest BCUT2D eigenvalue weighted by molar-refractivity contribution is 6.56. The molecule has 146 valence electrons. The number of fused-ring (bicyclic) bond motifs is 2. The van der Waals surface area contributed by atoms with Gasteiger partial charge >= 0.3 is 0 Å². The number of hydrogen-bond donors (Lipinski definition) is 2. The molecule has 0 spiro atoms. The maximum Gasteiger partial charge on any atom is 0.214 e. The topological polar surface area (TPSA) is 99.6 Å². The van der Waals surface area contributed by atoms with Crippen molar-refractivity contribution in [3.63, 3.8) is 0 Å². The third-order valence-electron chi connectivity index (χ3n) is 4.94. The number of nitrogens with one attached hydrogen (secondary N) is 1. The minimum absolute atomic E-state index is 0.0532. The number of aromatic amines is 1. The van der Waals surface area contributed by atoms with E-state index in [9.17, 15) is 19.5 Å². The molecule has 4 rings (SSSR count). The molecule has 0 saturated heterocycles. The van der Waals surface area contributed by atoms with E-state index in [0.29, 0.717) is 39.7 Å². The SMILES string of the molecule is O=C(CCl)CCCC(=O)c1ccc2c(c1)C(=O)C(c1c(O)[nH]c3ccccc13)=N2. The van der Waals surface area contributed by atoms with Crippen LogP contribution in [0.3, 0.4) is 0 Å². The molecule has 0 fully saturated rings. The summed E-state index contributed by atoms with van der Waals surface area (Å²) in [6.45, 7) is 0. The Morgan fingerprint density at radius 2 is 1.90 bits per heavy atom. The van der Waals surface area contributed by atoms with Gasteiger partial charge in [0, 0.05) is 29.3 Å². The molecule has 29 heavy (non-hydrogen) atoms. The summed E-state index contributed by atoms with van der Waals surface area (Å²) in [4.78, 5) is 43.9. The third-order valence-corrected chi connectivity index (χ3v) is 5.24. The van der Waals surface area contributed by atoms with E-state index < -0.39 is 0 Å². The summed E-state index contributed by atoms with van der Waals surface area (Å²) in [6, 6.07) is 12.0. The van der Waals surface area contributed by atoms with Gasteiger partial charge in [-0.3, -0.25) is 14.4 Å². The van der Waals surface area contributed by atoms with Crippen molar-refractivity contribution in [1.82, 2.24) is 4.98 Å². The first-order valence-corrected chi connectivity index (χ1v) is 9.71. The molecule has 3 aromatic rings. The molecule has 0 bridgehead atoms. The predicted molar refractivity (Wildman–Crippen MR) is 111 cm³/mol. The highest BCUT2D eigenvalue weighted by Crippen LogP contribution is 2.35. The number of H-pyrrole nitrogens is 1. The Morgan fingerprint density at radius 3 is 2.69 bits per heavy atom. The van der Waals surface area contributed by atoms with Gasteiger partial charge in [0.2, 0.25) is 5.78 Å². The van der Waals surface area contributed by atoms with Crippen molar-refractivity contribution >= 4 is 51.3 Å². The van der Waals surface area contributed by atoms with Crippen LogP contribution in [0.15, 0.2) is 47.5 Å². The van der Waals surface area contributed by atoms with Crippen molar-refractivity contribution in [3.05, 3.63) is 59.2 Å². The average Bonchev–Trinajstić information content (AvgIpc) is 3.23. The maximum absolute atomic E-state index is 13.0. The number of benzene rings is 2. The van der Waals surface area contributed by atoms with Gasteiger partial charge in [0.1, 0.15) is 11.5 Å². The molecule has 2 heterocycles. The van der Waals surface area contributed by atoms with Crippen LogP contribution < -0.4 is 0 Å². The zero-order chi connectivity index (χ0) is 20.5. The Hall–Kier alpha value is -3.25. The van der Waals surface area contributed by atoms with Crippen LogP contribution in [-0.2, 0) is 4.79 Å². The molecule has 0 unspecified atom stereocenters. The number of Topliss-reactive ketones (excluding diaryl/α,β-unsaturated/α-hetero) is 3. The Kier molecular flexibility index (Phi) is 5.03. The smallest absolute Gasteiger partial charge is 0.214 e. The third kappa shape index (κ3) is 3.47. The number of ketones is 3. The van der Waals surface area contributed by atoms with Crippen molar-refractivity contribution in [3.8, 4) is 5.88 Å². The number of carbonyl (C=O) groups is 3. The van der Waals surface area contributed by atoms with E-state index in [1.807, 2.05) is 12.1 Å². The molecule has 2 aromatic carbocycles. The lowest BCUT2D eigenvalue weighted by atomic mass is 9.98. The van der Waals surface area contributed by atoms with Crippen LogP contribution in [0, 0.1) is 0 Å². The molecular weight excluding hydrogens is 392 g/mol. The summed E-state index contributed by atoms with van der Waals surface area (Å²) in [5.74, 6) is -0.757. The molecule has 7 heteroatoms. The minimum Gasteiger partial charge on any atom is -0.494 e. The van der Waals surface area contributed by atoms with Crippen molar-refractivity contribution in [2.75, 3.05) is 5.88 Å². The number of carbonyl (C=O) groups excluding carboxylic acids is 3. The predicted octanol–water partition coefficient (Wildman–Crippen LogP) is 4.35. The lowest BCUT2D eigenvalue weighted by Gasteiger charge is -2.03. The van der Waals surface area contributed by atoms with E-state index in [4.69, 9.17) is 11.6 Å². The van der Waals surface area contributed by atoms with E-state index in [1.54, 1.807) is 24.3 Å². The molecule has 1 aromatic heterocycles. The first kappa shape index (κ1) is 19.1.